The molecule has 0 saturated carbocycles. The highest BCUT2D eigenvalue weighted by atomic mass is 19.1. The molecule has 50 heavy (non-hydrogen) atoms. The molecular formula is C40H42F2N8. The summed E-state index contributed by atoms with van der Waals surface area (Å²) in [6.07, 6.45) is 15.5. The molecule has 0 N–H and O–H groups in total. The first kappa shape index (κ1) is 33.4. The van der Waals surface area contributed by atoms with Crippen molar-refractivity contribution in [1.29, 1.82) is 0 Å². The van der Waals surface area contributed by atoms with Gasteiger partial charge in [0.05, 0.1) is 24.0 Å². The number of rotatable bonds is 6. The zero-order chi connectivity index (χ0) is 34.5. The number of piperidine rings is 2. The molecule has 4 aromatic heterocycles. The maximum absolute atomic E-state index is 13.3. The number of hydrogen-bond acceptors (Lipinski definition) is 6. The van der Waals surface area contributed by atoms with Crippen molar-refractivity contribution >= 4 is 0 Å². The Hall–Kier alpha value is -5.06. The molecular weight excluding hydrogens is 630 g/mol. The van der Waals surface area contributed by atoms with Crippen LogP contribution >= 0.6 is 0 Å². The summed E-state index contributed by atoms with van der Waals surface area (Å²) in [6.45, 7) is 4.32. The predicted octanol–water partition coefficient (Wildman–Crippen LogP) is 8.04. The summed E-state index contributed by atoms with van der Waals surface area (Å²) in [4.78, 5) is 12.9. The van der Waals surface area contributed by atoms with E-state index in [0.29, 0.717) is 12.1 Å². The van der Waals surface area contributed by atoms with Crippen LogP contribution in [0, 0.1) is 11.6 Å². The number of hydrogen-bond donors (Lipinski definition) is 0. The van der Waals surface area contributed by atoms with E-state index in [2.05, 4.69) is 49.4 Å². The van der Waals surface area contributed by atoms with Gasteiger partial charge in [-0.2, -0.15) is 10.2 Å². The lowest BCUT2D eigenvalue weighted by Gasteiger charge is -2.30. The van der Waals surface area contributed by atoms with Gasteiger partial charge < -0.3 is 9.80 Å². The van der Waals surface area contributed by atoms with Crippen molar-refractivity contribution in [3.63, 3.8) is 0 Å². The van der Waals surface area contributed by atoms with Crippen LogP contribution in [0.1, 0.15) is 37.8 Å². The van der Waals surface area contributed by atoms with Gasteiger partial charge in [-0.05, 0) is 126 Å². The summed E-state index contributed by atoms with van der Waals surface area (Å²) in [7, 11) is 4.32. The fraction of sp³-hybridized carbons (Fsp3) is 0.300. The minimum atomic E-state index is -0.225. The Balaban J connectivity index is 0.000000157. The van der Waals surface area contributed by atoms with Gasteiger partial charge >= 0.3 is 0 Å². The standard InChI is InChI=1S/2C20H21FN4/c1-24-12-8-18(9-13-24)25-14-19(15-2-4-17(21)5-3-15)20(23-25)16-6-10-22-11-7-16;1-24-12-8-18(9-13-24)25-20(16-6-10-22-11-7-16)19(14-23-25)15-2-4-17(21)5-3-15/h2*2-7,10-11,14,18H,8-9,12-13H2,1H3. The van der Waals surface area contributed by atoms with Crippen LogP contribution in [0.5, 0.6) is 0 Å². The highest BCUT2D eigenvalue weighted by Crippen LogP contribution is 2.37. The minimum Gasteiger partial charge on any atom is -0.306 e. The molecule has 2 aromatic carbocycles. The van der Waals surface area contributed by atoms with Crippen LogP contribution in [0.3, 0.4) is 0 Å². The van der Waals surface area contributed by atoms with E-state index in [4.69, 9.17) is 10.2 Å². The molecule has 0 atom stereocenters. The van der Waals surface area contributed by atoms with Crippen molar-refractivity contribution in [2.45, 2.75) is 37.8 Å². The van der Waals surface area contributed by atoms with E-state index in [9.17, 15) is 8.78 Å². The first-order chi connectivity index (χ1) is 24.4. The van der Waals surface area contributed by atoms with Gasteiger partial charge in [0.1, 0.15) is 17.3 Å². The second-order valence-electron chi connectivity index (χ2n) is 13.3. The van der Waals surface area contributed by atoms with Crippen molar-refractivity contribution in [2.24, 2.45) is 0 Å². The fourth-order valence-electron chi connectivity index (χ4n) is 6.92. The number of benzene rings is 2. The third kappa shape index (κ3) is 7.56. The van der Waals surface area contributed by atoms with Gasteiger partial charge in [0.25, 0.3) is 0 Å². The van der Waals surface area contributed by atoms with Crippen molar-refractivity contribution in [1.82, 2.24) is 39.3 Å². The second-order valence-corrected chi connectivity index (χ2v) is 13.3. The number of aromatic nitrogens is 6. The zero-order valence-corrected chi connectivity index (χ0v) is 28.5. The lowest BCUT2D eigenvalue weighted by Crippen LogP contribution is -2.32. The van der Waals surface area contributed by atoms with E-state index in [0.717, 1.165) is 96.6 Å². The largest absolute Gasteiger partial charge is 0.306 e. The molecule has 2 aliphatic heterocycles. The quantitative estimate of drug-likeness (QED) is 0.179. The van der Waals surface area contributed by atoms with Crippen LogP contribution in [-0.2, 0) is 0 Å². The molecule has 8 rings (SSSR count). The van der Waals surface area contributed by atoms with E-state index in [1.54, 1.807) is 24.8 Å². The third-order valence-electron chi connectivity index (χ3n) is 9.84. The molecule has 256 valence electrons. The van der Waals surface area contributed by atoms with E-state index in [1.165, 1.54) is 24.3 Å². The number of halogens is 2. The lowest BCUT2D eigenvalue weighted by atomic mass is 10.00. The molecule has 0 amide bonds. The smallest absolute Gasteiger partial charge is 0.123 e. The molecule has 2 aliphatic rings. The van der Waals surface area contributed by atoms with Gasteiger partial charge in [-0.25, -0.2) is 8.78 Å². The van der Waals surface area contributed by atoms with Crippen molar-refractivity contribution in [3.05, 3.63) is 122 Å². The summed E-state index contributed by atoms with van der Waals surface area (Å²) in [6, 6.07) is 22.0. The lowest BCUT2D eigenvalue weighted by molar-refractivity contribution is 0.212. The normalized spacial score (nSPS) is 16.2. The predicted molar refractivity (Wildman–Crippen MR) is 193 cm³/mol. The Bertz CT molecular complexity index is 1910. The average molecular weight is 673 g/mol. The van der Waals surface area contributed by atoms with Crippen LogP contribution in [0.4, 0.5) is 8.78 Å². The Kier molecular flexibility index (Phi) is 10.2. The summed E-state index contributed by atoms with van der Waals surface area (Å²) in [5, 5.41) is 9.63. The summed E-state index contributed by atoms with van der Waals surface area (Å²) in [5.74, 6) is -0.450. The highest BCUT2D eigenvalue weighted by Gasteiger charge is 2.25. The summed E-state index contributed by atoms with van der Waals surface area (Å²) >= 11 is 0. The monoisotopic (exact) mass is 672 g/mol. The van der Waals surface area contributed by atoms with Gasteiger partial charge in [0, 0.05) is 53.2 Å². The SMILES string of the molecule is CN1CCC(n2cc(-c3ccc(F)cc3)c(-c3ccncc3)n2)CC1.CN1CCC(n2ncc(-c3ccc(F)cc3)c2-c2ccncc2)CC1. The molecule has 0 aliphatic carbocycles. The first-order valence-corrected chi connectivity index (χ1v) is 17.3. The van der Waals surface area contributed by atoms with E-state index in [1.807, 2.05) is 54.7 Å². The van der Waals surface area contributed by atoms with Gasteiger partial charge in [-0.1, -0.05) is 24.3 Å². The number of nitrogens with zero attached hydrogens (tertiary/aromatic N) is 8. The third-order valence-corrected chi connectivity index (χ3v) is 9.84. The summed E-state index contributed by atoms with van der Waals surface area (Å²) in [5.41, 5.74) is 8.15. The van der Waals surface area contributed by atoms with Crippen LogP contribution in [0.2, 0.25) is 0 Å². The topological polar surface area (TPSA) is 67.9 Å². The zero-order valence-electron chi connectivity index (χ0n) is 28.5. The number of pyridine rings is 2. The van der Waals surface area contributed by atoms with E-state index in [-0.39, 0.29) is 11.6 Å². The van der Waals surface area contributed by atoms with Gasteiger partial charge in [0.2, 0.25) is 0 Å². The van der Waals surface area contributed by atoms with Crippen molar-refractivity contribution in [2.75, 3.05) is 40.3 Å². The summed E-state index contributed by atoms with van der Waals surface area (Å²) < 4.78 is 30.9. The Labute approximate surface area is 292 Å². The first-order valence-electron chi connectivity index (χ1n) is 17.3. The molecule has 0 spiro atoms. The Morgan fingerprint density at radius 1 is 0.560 bits per heavy atom. The molecule has 6 heterocycles. The molecule has 2 saturated heterocycles. The molecule has 8 nitrogen and oxygen atoms in total. The van der Waals surface area contributed by atoms with Gasteiger partial charge in [-0.15, -0.1) is 0 Å². The molecule has 0 radical (unpaired) electrons. The van der Waals surface area contributed by atoms with Crippen LogP contribution in [0.15, 0.2) is 110 Å². The molecule has 6 aromatic rings. The Morgan fingerprint density at radius 2 is 1.04 bits per heavy atom. The molecule has 0 unspecified atom stereocenters. The van der Waals surface area contributed by atoms with Crippen LogP contribution < -0.4 is 0 Å². The fourth-order valence-corrected chi connectivity index (χ4v) is 6.92. The number of likely N-dealkylation sites (tertiary alicyclic amines) is 2. The van der Waals surface area contributed by atoms with E-state index >= 15 is 0 Å². The van der Waals surface area contributed by atoms with Gasteiger partial charge in [0.15, 0.2) is 0 Å². The Morgan fingerprint density at radius 3 is 1.58 bits per heavy atom. The molecule has 10 heteroatoms. The maximum Gasteiger partial charge on any atom is 0.123 e. The van der Waals surface area contributed by atoms with Crippen LogP contribution in [0.25, 0.3) is 44.8 Å². The van der Waals surface area contributed by atoms with E-state index < -0.39 is 0 Å². The average Bonchev–Trinajstić information content (AvgIpc) is 3.80. The maximum atomic E-state index is 13.3. The second kappa shape index (κ2) is 15.2. The minimum absolute atomic E-state index is 0.225. The van der Waals surface area contributed by atoms with Crippen LogP contribution in [-0.4, -0.2) is 79.6 Å². The molecule has 0 bridgehead atoms. The molecule has 2 fully saturated rings. The highest BCUT2D eigenvalue weighted by molar-refractivity contribution is 5.81. The van der Waals surface area contributed by atoms with Crippen molar-refractivity contribution in [3.8, 4) is 44.8 Å². The van der Waals surface area contributed by atoms with Crippen molar-refractivity contribution < 1.29 is 8.78 Å². The van der Waals surface area contributed by atoms with Gasteiger partial charge in [-0.3, -0.25) is 19.3 Å².